The van der Waals surface area contributed by atoms with E-state index in [-0.39, 0.29) is 12.5 Å². The molecule has 2 heterocycles. The molecular weight excluding hydrogens is 420 g/mol. The van der Waals surface area contributed by atoms with Crippen LogP contribution in [0.4, 0.5) is 0 Å². The van der Waals surface area contributed by atoms with E-state index in [9.17, 15) is 13.2 Å². The molecule has 0 aromatic carbocycles. The Morgan fingerprint density at radius 3 is 2.68 bits per heavy atom. The van der Waals surface area contributed by atoms with E-state index in [0.29, 0.717) is 24.9 Å². The summed E-state index contributed by atoms with van der Waals surface area (Å²) in [6, 6.07) is 1.73. The van der Waals surface area contributed by atoms with Crippen LogP contribution in [-0.4, -0.2) is 37.6 Å². The van der Waals surface area contributed by atoms with Crippen LogP contribution in [0.2, 0.25) is 0 Å². The van der Waals surface area contributed by atoms with Crippen molar-refractivity contribution in [1.29, 1.82) is 0 Å². The van der Waals surface area contributed by atoms with Gasteiger partial charge in [-0.15, -0.1) is 11.3 Å². The van der Waals surface area contributed by atoms with Crippen molar-refractivity contribution in [3.63, 3.8) is 0 Å². The molecule has 1 saturated heterocycles. The predicted molar refractivity (Wildman–Crippen MR) is 81.8 cm³/mol. The highest BCUT2D eigenvalue weighted by molar-refractivity contribution is 9.12. The van der Waals surface area contributed by atoms with E-state index in [1.807, 2.05) is 0 Å². The zero-order valence-corrected chi connectivity index (χ0v) is 14.6. The predicted octanol–water partition coefficient (Wildman–Crippen LogP) is 2.17. The third-order valence-corrected chi connectivity index (χ3v) is 6.67. The monoisotopic (exact) mass is 430 g/mol. The molecule has 1 unspecified atom stereocenters. The number of nitrogens with zero attached hydrogens (tertiary/aromatic N) is 1. The van der Waals surface area contributed by atoms with E-state index in [4.69, 9.17) is 5.14 Å². The number of carbonyl (C=O) groups is 1. The molecule has 1 aliphatic heterocycles. The van der Waals surface area contributed by atoms with Crippen LogP contribution in [0.1, 0.15) is 23.2 Å². The molecule has 19 heavy (non-hydrogen) atoms. The molecule has 106 valence electrons. The van der Waals surface area contributed by atoms with Gasteiger partial charge in [-0.2, -0.15) is 0 Å². The maximum absolute atomic E-state index is 12.4. The van der Waals surface area contributed by atoms with E-state index in [0.717, 1.165) is 7.57 Å². The van der Waals surface area contributed by atoms with Gasteiger partial charge in [0, 0.05) is 13.1 Å². The third kappa shape index (κ3) is 3.57. The smallest absolute Gasteiger partial charge is 0.255 e. The Hall–Kier alpha value is 0.0400. The third-order valence-electron chi connectivity index (χ3n) is 3.02. The Bertz CT molecular complexity index is 600. The van der Waals surface area contributed by atoms with Crippen molar-refractivity contribution in [3.8, 4) is 0 Å². The summed E-state index contributed by atoms with van der Waals surface area (Å²) in [5.41, 5.74) is 0.548. The zero-order chi connectivity index (χ0) is 14.2. The van der Waals surface area contributed by atoms with Crippen molar-refractivity contribution in [2.24, 2.45) is 5.14 Å². The summed E-state index contributed by atoms with van der Waals surface area (Å²) in [5.74, 6) is -0.165. The summed E-state index contributed by atoms with van der Waals surface area (Å²) in [7, 11) is -3.59. The van der Waals surface area contributed by atoms with Crippen LogP contribution in [0, 0.1) is 0 Å². The van der Waals surface area contributed by atoms with Gasteiger partial charge in [-0.25, -0.2) is 13.6 Å². The summed E-state index contributed by atoms with van der Waals surface area (Å²) >= 11 is 8.07. The first-order valence-electron chi connectivity index (χ1n) is 5.54. The molecule has 1 fully saturated rings. The van der Waals surface area contributed by atoms with Gasteiger partial charge >= 0.3 is 0 Å². The van der Waals surface area contributed by atoms with E-state index in [1.165, 1.54) is 11.3 Å². The minimum Gasteiger partial charge on any atom is -0.337 e. The summed E-state index contributed by atoms with van der Waals surface area (Å²) in [6.45, 7) is 0.725. The lowest BCUT2D eigenvalue weighted by Gasteiger charge is -2.31. The first kappa shape index (κ1) is 15.4. The molecule has 1 aromatic rings. The second kappa shape index (κ2) is 5.80. The lowest BCUT2D eigenvalue weighted by atomic mass is 10.1. The number of hydrogen-bond donors (Lipinski definition) is 1. The average molecular weight is 432 g/mol. The second-order valence-electron chi connectivity index (χ2n) is 4.34. The highest BCUT2D eigenvalue weighted by Crippen LogP contribution is 2.33. The number of piperidine rings is 1. The first-order chi connectivity index (χ1) is 8.79. The molecule has 1 atom stereocenters. The van der Waals surface area contributed by atoms with Gasteiger partial charge in [0.2, 0.25) is 10.0 Å². The van der Waals surface area contributed by atoms with Gasteiger partial charge in [0.15, 0.2) is 0 Å². The molecule has 1 amide bonds. The summed E-state index contributed by atoms with van der Waals surface area (Å²) in [6.07, 6.45) is 1.16. The largest absolute Gasteiger partial charge is 0.337 e. The molecule has 9 heteroatoms. The van der Waals surface area contributed by atoms with Gasteiger partial charge in [-0.1, -0.05) is 0 Å². The Labute approximate surface area is 132 Å². The minimum atomic E-state index is -3.59. The maximum Gasteiger partial charge on any atom is 0.255 e. The fourth-order valence-electron chi connectivity index (χ4n) is 2.05. The molecule has 0 saturated carbocycles. The topological polar surface area (TPSA) is 80.5 Å². The number of halogens is 2. The van der Waals surface area contributed by atoms with E-state index in [1.54, 1.807) is 11.0 Å². The fraction of sp³-hybridized carbons (Fsp3) is 0.500. The lowest BCUT2D eigenvalue weighted by Crippen LogP contribution is -2.47. The van der Waals surface area contributed by atoms with Crippen LogP contribution in [0.15, 0.2) is 13.6 Å². The van der Waals surface area contributed by atoms with Crippen molar-refractivity contribution < 1.29 is 13.2 Å². The zero-order valence-electron chi connectivity index (χ0n) is 9.80. The number of likely N-dealkylation sites (tertiary alicyclic amines) is 1. The number of carbonyl (C=O) groups excluding carboxylic acids is 1. The van der Waals surface area contributed by atoms with Crippen molar-refractivity contribution in [3.05, 3.63) is 19.2 Å². The quantitative estimate of drug-likeness (QED) is 0.778. The van der Waals surface area contributed by atoms with Crippen LogP contribution >= 0.6 is 43.2 Å². The SMILES string of the molecule is NS(=O)(=O)C1CCCN(C(=O)c2cc(Br)sc2Br)C1. The Morgan fingerprint density at radius 1 is 1.47 bits per heavy atom. The lowest BCUT2D eigenvalue weighted by molar-refractivity contribution is 0.0726. The number of nitrogens with two attached hydrogens (primary N) is 1. The van der Waals surface area contributed by atoms with Crippen molar-refractivity contribution in [1.82, 2.24) is 4.90 Å². The molecule has 5 nitrogen and oxygen atoms in total. The number of sulfonamides is 1. The number of amides is 1. The fourth-order valence-corrected chi connectivity index (χ4v) is 5.71. The molecule has 1 aromatic heterocycles. The molecule has 0 aliphatic carbocycles. The van der Waals surface area contributed by atoms with Crippen LogP contribution in [0.3, 0.4) is 0 Å². The Kier molecular flexibility index (Phi) is 4.71. The van der Waals surface area contributed by atoms with Gasteiger partial charge in [0.05, 0.1) is 18.4 Å². The van der Waals surface area contributed by atoms with Crippen molar-refractivity contribution in [2.75, 3.05) is 13.1 Å². The highest BCUT2D eigenvalue weighted by atomic mass is 79.9. The summed E-state index contributed by atoms with van der Waals surface area (Å²) in [5, 5.41) is 4.50. The van der Waals surface area contributed by atoms with Gasteiger partial charge in [0.25, 0.3) is 5.91 Å². The Morgan fingerprint density at radius 2 is 2.16 bits per heavy atom. The molecule has 2 N–H and O–H groups in total. The van der Waals surface area contributed by atoms with Crippen LogP contribution < -0.4 is 5.14 Å². The number of thiophene rings is 1. The number of hydrogen-bond acceptors (Lipinski definition) is 4. The molecule has 0 spiro atoms. The summed E-state index contributed by atoms with van der Waals surface area (Å²) in [4.78, 5) is 13.9. The Balaban J connectivity index is 2.18. The highest BCUT2D eigenvalue weighted by Gasteiger charge is 2.31. The van der Waals surface area contributed by atoms with Crippen LogP contribution in [-0.2, 0) is 10.0 Å². The number of primary sulfonamides is 1. The first-order valence-corrected chi connectivity index (χ1v) is 9.56. The van der Waals surface area contributed by atoms with E-state index < -0.39 is 15.3 Å². The standard InChI is InChI=1S/C10H12Br2N2O3S2/c11-8-4-7(9(12)18-8)10(15)14-3-1-2-6(5-14)19(13,16)17/h4,6H,1-3,5H2,(H2,13,16,17). The average Bonchev–Trinajstić information content (AvgIpc) is 2.66. The summed E-state index contributed by atoms with van der Waals surface area (Å²) < 4.78 is 24.4. The van der Waals surface area contributed by atoms with Crippen LogP contribution in [0.5, 0.6) is 0 Å². The van der Waals surface area contributed by atoms with Crippen molar-refractivity contribution in [2.45, 2.75) is 18.1 Å². The van der Waals surface area contributed by atoms with Crippen molar-refractivity contribution >= 4 is 59.1 Å². The molecular formula is C10H12Br2N2O3S2. The van der Waals surface area contributed by atoms with Gasteiger partial charge < -0.3 is 4.90 Å². The van der Waals surface area contributed by atoms with Gasteiger partial charge in [-0.05, 0) is 50.8 Å². The van der Waals surface area contributed by atoms with Crippen LogP contribution in [0.25, 0.3) is 0 Å². The van der Waals surface area contributed by atoms with E-state index >= 15 is 0 Å². The minimum absolute atomic E-state index is 0.164. The van der Waals surface area contributed by atoms with E-state index in [2.05, 4.69) is 31.9 Å². The molecule has 2 rings (SSSR count). The normalized spacial score (nSPS) is 20.6. The maximum atomic E-state index is 12.4. The molecule has 0 radical (unpaired) electrons. The van der Waals surface area contributed by atoms with Gasteiger partial charge in [0.1, 0.15) is 0 Å². The van der Waals surface area contributed by atoms with Gasteiger partial charge in [-0.3, -0.25) is 4.79 Å². The second-order valence-corrected chi connectivity index (χ2v) is 9.94. The molecule has 1 aliphatic rings. The number of rotatable bonds is 2. The molecule has 0 bridgehead atoms.